The summed E-state index contributed by atoms with van der Waals surface area (Å²) < 4.78 is 0. The molecule has 9 heavy (non-hydrogen) atoms. The summed E-state index contributed by atoms with van der Waals surface area (Å²) in [5, 5.41) is 0. The molecule has 0 aromatic heterocycles. The number of carbonyl (C=O) groups excluding carboxylic acids is 1. The van der Waals surface area contributed by atoms with Gasteiger partial charge in [0.2, 0.25) is 0 Å². The lowest BCUT2D eigenvalue weighted by atomic mass is 10.2. The molecule has 0 spiro atoms. The van der Waals surface area contributed by atoms with Gasteiger partial charge in [-0.25, -0.2) is 0 Å². The largest absolute Gasteiger partial charge is 0.303 e. The van der Waals surface area contributed by atoms with Crippen LogP contribution < -0.4 is 0 Å². The summed E-state index contributed by atoms with van der Waals surface area (Å²) in [6, 6.07) is 0. The van der Waals surface area contributed by atoms with Crippen molar-refractivity contribution in [2.45, 2.75) is 32.6 Å². The van der Waals surface area contributed by atoms with E-state index in [1.54, 1.807) is 0 Å². The molecule has 0 heterocycles. The first-order valence-electron chi connectivity index (χ1n) is 2.85. The summed E-state index contributed by atoms with van der Waals surface area (Å²) in [7, 11) is 0. The molecule has 1 nitrogen and oxygen atoms in total. The van der Waals surface area contributed by atoms with E-state index < -0.39 is 0 Å². The van der Waals surface area contributed by atoms with Crippen molar-refractivity contribution in [3.05, 3.63) is 0 Å². The summed E-state index contributed by atoms with van der Waals surface area (Å²) in [6.07, 6.45) is 5.19. The van der Waals surface area contributed by atoms with E-state index in [-0.39, 0.29) is 24.8 Å². The maximum absolute atomic E-state index is 9.68. The first kappa shape index (κ1) is 16.1. The van der Waals surface area contributed by atoms with E-state index in [1.165, 1.54) is 12.8 Å². The van der Waals surface area contributed by atoms with Crippen LogP contribution in [0.2, 0.25) is 0 Å². The number of halogens is 2. The minimum atomic E-state index is 0. The predicted octanol–water partition coefficient (Wildman–Crippen LogP) is 2.61. The zero-order valence-electron chi connectivity index (χ0n) is 5.63. The van der Waals surface area contributed by atoms with Crippen LogP contribution in [0.1, 0.15) is 32.6 Å². The lowest BCUT2D eigenvalue weighted by Crippen LogP contribution is -1.73. The molecule has 0 bridgehead atoms. The number of hydrogen-bond donors (Lipinski definition) is 0. The second-order valence-corrected chi connectivity index (χ2v) is 1.66. The van der Waals surface area contributed by atoms with Gasteiger partial charge in [-0.2, -0.15) is 0 Å². The molecule has 0 unspecified atom stereocenters. The highest BCUT2D eigenvalue weighted by atomic mass is 35.5. The van der Waals surface area contributed by atoms with Gasteiger partial charge in [-0.3, -0.25) is 0 Å². The Morgan fingerprint density at radius 2 is 1.78 bits per heavy atom. The molecule has 0 saturated heterocycles. The lowest BCUT2D eigenvalue weighted by Gasteiger charge is -1.85. The third kappa shape index (κ3) is 17.8. The Hall–Kier alpha value is 0.250. The third-order valence-electron chi connectivity index (χ3n) is 0.926. The van der Waals surface area contributed by atoms with Crippen molar-refractivity contribution in [3.8, 4) is 0 Å². The van der Waals surface area contributed by atoms with Crippen LogP contribution in [0.4, 0.5) is 0 Å². The summed E-state index contributed by atoms with van der Waals surface area (Å²) in [6.45, 7) is 2.13. The van der Waals surface area contributed by atoms with E-state index in [0.717, 1.165) is 19.1 Å². The number of unbranched alkanes of at least 4 members (excludes halogenated alkanes) is 3. The average Bonchev–Trinajstić information content (AvgIpc) is 1.69. The monoisotopic (exact) mass is 172 g/mol. The van der Waals surface area contributed by atoms with E-state index in [0.29, 0.717) is 0 Å². The SMILES string of the molecule is CCCCCC=O.Cl.Cl. The summed E-state index contributed by atoms with van der Waals surface area (Å²) >= 11 is 0. The number of carbonyl (C=O) groups is 1. The molecule has 0 fully saturated rings. The Bertz CT molecular complexity index is 48.3. The highest BCUT2D eigenvalue weighted by Crippen LogP contribution is 1.94. The molecule has 0 aromatic rings. The fraction of sp³-hybridized carbons (Fsp3) is 0.833. The Morgan fingerprint density at radius 3 is 2.11 bits per heavy atom. The molecule has 0 rings (SSSR count). The molecule has 0 amide bonds. The fourth-order valence-corrected chi connectivity index (χ4v) is 0.478. The van der Waals surface area contributed by atoms with Crippen molar-refractivity contribution < 1.29 is 4.79 Å². The second kappa shape index (κ2) is 15.7. The molecule has 0 aliphatic carbocycles. The van der Waals surface area contributed by atoms with Crippen molar-refractivity contribution in [2.24, 2.45) is 0 Å². The second-order valence-electron chi connectivity index (χ2n) is 1.66. The van der Waals surface area contributed by atoms with Gasteiger partial charge in [-0.15, -0.1) is 24.8 Å². The summed E-state index contributed by atoms with van der Waals surface area (Å²) in [5.74, 6) is 0. The summed E-state index contributed by atoms with van der Waals surface area (Å²) in [5.41, 5.74) is 0. The normalized spacial score (nSPS) is 6.78. The Balaban J connectivity index is -0.000000180. The first-order valence-corrected chi connectivity index (χ1v) is 2.85. The minimum Gasteiger partial charge on any atom is -0.303 e. The van der Waals surface area contributed by atoms with Crippen molar-refractivity contribution in [3.63, 3.8) is 0 Å². The number of aldehydes is 1. The average molecular weight is 173 g/mol. The minimum absolute atomic E-state index is 0. The molecule has 0 aliphatic heterocycles. The van der Waals surface area contributed by atoms with Crippen LogP contribution in [0.3, 0.4) is 0 Å². The van der Waals surface area contributed by atoms with Gasteiger partial charge in [0.1, 0.15) is 6.29 Å². The van der Waals surface area contributed by atoms with Gasteiger partial charge >= 0.3 is 0 Å². The standard InChI is InChI=1S/C6H12O.2ClH/c1-2-3-4-5-6-7;;/h6H,2-5H2,1H3;2*1H. The zero-order chi connectivity index (χ0) is 5.54. The van der Waals surface area contributed by atoms with Gasteiger partial charge in [0.25, 0.3) is 0 Å². The molecule has 3 heteroatoms. The van der Waals surface area contributed by atoms with E-state index in [4.69, 9.17) is 0 Å². The Labute approximate surface area is 69.0 Å². The fourth-order valence-electron chi connectivity index (χ4n) is 0.478. The highest BCUT2D eigenvalue weighted by Gasteiger charge is 1.80. The maximum Gasteiger partial charge on any atom is 0.119 e. The maximum atomic E-state index is 9.68. The smallest absolute Gasteiger partial charge is 0.119 e. The molecular formula is C6H14Cl2O. The van der Waals surface area contributed by atoms with E-state index in [1.807, 2.05) is 0 Å². The van der Waals surface area contributed by atoms with Crippen molar-refractivity contribution in [1.29, 1.82) is 0 Å². The van der Waals surface area contributed by atoms with Crippen LogP contribution in [0.15, 0.2) is 0 Å². The highest BCUT2D eigenvalue weighted by molar-refractivity contribution is 5.85. The molecule has 0 aromatic carbocycles. The van der Waals surface area contributed by atoms with Crippen LogP contribution in [-0.2, 0) is 4.79 Å². The molecular weight excluding hydrogens is 159 g/mol. The van der Waals surface area contributed by atoms with Crippen molar-refractivity contribution >= 4 is 31.1 Å². The van der Waals surface area contributed by atoms with E-state index in [2.05, 4.69) is 6.92 Å². The number of rotatable bonds is 4. The van der Waals surface area contributed by atoms with Gasteiger partial charge in [-0.1, -0.05) is 19.8 Å². The quantitative estimate of drug-likeness (QED) is 0.471. The van der Waals surface area contributed by atoms with Crippen molar-refractivity contribution in [2.75, 3.05) is 0 Å². The Morgan fingerprint density at radius 1 is 1.22 bits per heavy atom. The van der Waals surface area contributed by atoms with Crippen LogP contribution in [-0.4, -0.2) is 6.29 Å². The summed E-state index contributed by atoms with van der Waals surface area (Å²) in [4.78, 5) is 9.68. The third-order valence-corrected chi connectivity index (χ3v) is 0.926. The van der Waals surface area contributed by atoms with Crippen LogP contribution in [0.25, 0.3) is 0 Å². The molecule has 0 radical (unpaired) electrons. The number of hydrogen-bond acceptors (Lipinski definition) is 1. The topological polar surface area (TPSA) is 17.1 Å². The van der Waals surface area contributed by atoms with Gasteiger partial charge < -0.3 is 4.79 Å². The molecule has 0 aliphatic rings. The molecule has 0 atom stereocenters. The molecule has 58 valence electrons. The molecule has 0 saturated carbocycles. The van der Waals surface area contributed by atoms with E-state index >= 15 is 0 Å². The van der Waals surface area contributed by atoms with Crippen molar-refractivity contribution in [1.82, 2.24) is 0 Å². The first-order chi connectivity index (χ1) is 3.41. The lowest BCUT2D eigenvalue weighted by molar-refractivity contribution is -0.107. The van der Waals surface area contributed by atoms with Crippen LogP contribution in [0.5, 0.6) is 0 Å². The molecule has 0 N–H and O–H groups in total. The zero-order valence-corrected chi connectivity index (χ0v) is 7.26. The predicted molar refractivity (Wildman–Crippen MR) is 44.7 cm³/mol. The van der Waals surface area contributed by atoms with Gasteiger partial charge in [0.05, 0.1) is 0 Å². The van der Waals surface area contributed by atoms with Gasteiger partial charge in [-0.05, 0) is 6.42 Å². The van der Waals surface area contributed by atoms with Crippen LogP contribution in [0, 0.1) is 0 Å². The Kier molecular flexibility index (Phi) is 28.2. The van der Waals surface area contributed by atoms with Gasteiger partial charge in [0.15, 0.2) is 0 Å². The van der Waals surface area contributed by atoms with E-state index in [9.17, 15) is 4.79 Å². The van der Waals surface area contributed by atoms with Gasteiger partial charge in [0, 0.05) is 6.42 Å². The van der Waals surface area contributed by atoms with Crippen LogP contribution >= 0.6 is 24.8 Å².